The maximum absolute atomic E-state index is 12.9. The van der Waals surface area contributed by atoms with Crippen LogP contribution in [0, 0.1) is 13.8 Å². The number of fused-ring (bicyclic) bond motifs is 1. The van der Waals surface area contributed by atoms with E-state index in [4.69, 9.17) is 9.47 Å². The maximum Gasteiger partial charge on any atom is 0.338 e. The molecule has 2 aromatic carbocycles. The third-order valence-electron chi connectivity index (χ3n) is 4.94. The average molecular weight is 432 g/mol. The summed E-state index contributed by atoms with van der Waals surface area (Å²) in [6, 6.07) is 10.1. The minimum atomic E-state index is -3.54. The first-order valence-electron chi connectivity index (χ1n) is 9.35. The number of nitrogens with one attached hydrogen (secondary N) is 1. The molecule has 0 fully saturated rings. The van der Waals surface area contributed by atoms with Crippen molar-refractivity contribution in [2.75, 3.05) is 29.5 Å². The van der Waals surface area contributed by atoms with Crippen LogP contribution in [0.5, 0.6) is 5.75 Å². The maximum atomic E-state index is 12.9. The zero-order valence-corrected chi connectivity index (χ0v) is 18.1. The number of rotatable bonds is 4. The Hall–Kier alpha value is -3.07. The van der Waals surface area contributed by atoms with Crippen LogP contribution in [-0.2, 0) is 19.6 Å². The van der Waals surface area contributed by atoms with E-state index in [2.05, 4.69) is 5.32 Å². The van der Waals surface area contributed by atoms with Crippen LogP contribution in [0.4, 0.5) is 11.4 Å². The SMILES string of the molecule is COC(=O)c1cccc(NC(=O)C2CCN(S(C)(=O)=O)c3cc(C)ccc3O2)c1C. The summed E-state index contributed by atoms with van der Waals surface area (Å²) in [4.78, 5) is 24.8. The number of ether oxygens (including phenoxy) is 2. The average Bonchev–Trinajstić information content (AvgIpc) is 2.88. The van der Waals surface area contributed by atoms with E-state index in [9.17, 15) is 18.0 Å². The van der Waals surface area contributed by atoms with Gasteiger partial charge in [0.05, 0.1) is 24.6 Å². The largest absolute Gasteiger partial charge is 0.478 e. The summed E-state index contributed by atoms with van der Waals surface area (Å²) >= 11 is 0. The highest BCUT2D eigenvalue weighted by Crippen LogP contribution is 2.35. The first-order chi connectivity index (χ1) is 14.1. The van der Waals surface area contributed by atoms with Crippen molar-refractivity contribution < 1.29 is 27.5 Å². The van der Waals surface area contributed by atoms with E-state index in [1.165, 1.54) is 11.4 Å². The van der Waals surface area contributed by atoms with Crippen molar-refractivity contribution in [1.82, 2.24) is 0 Å². The second-order valence-corrected chi connectivity index (χ2v) is 9.07. The molecule has 2 aromatic rings. The molecule has 160 valence electrons. The Bertz CT molecular complexity index is 1100. The summed E-state index contributed by atoms with van der Waals surface area (Å²) in [7, 11) is -2.25. The molecule has 0 spiro atoms. The Labute approximate surface area is 175 Å². The Balaban J connectivity index is 1.88. The standard InChI is InChI=1S/C21H24N2O6S/c1-13-8-9-18-17(12-13)23(30(4,26)27)11-10-19(29-18)20(24)22-16-7-5-6-15(14(16)2)21(25)28-3/h5-9,12,19H,10-11H2,1-4H3,(H,22,24). The van der Waals surface area contributed by atoms with Crippen LogP contribution in [0.2, 0.25) is 0 Å². The molecule has 1 heterocycles. The molecule has 1 aliphatic rings. The summed E-state index contributed by atoms with van der Waals surface area (Å²) in [5, 5.41) is 2.78. The lowest BCUT2D eigenvalue weighted by Crippen LogP contribution is -2.36. The van der Waals surface area contributed by atoms with Gasteiger partial charge in [-0.3, -0.25) is 9.10 Å². The molecular weight excluding hydrogens is 408 g/mol. The van der Waals surface area contributed by atoms with Crippen LogP contribution in [0.25, 0.3) is 0 Å². The van der Waals surface area contributed by atoms with Crippen LogP contribution < -0.4 is 14.4 Å². The summed E-state index contributed by atoms with van der Waals surface area (Å²) in [5.74, 6) is -0.604. The van der Waals surface area contributed by atoms with Crippen LogP contribution in [-0.4, -0.2) is 46.3 Å². The predicted molar refractivity (Wildman–Crippen MR) is 114 cm³/mol. The monoisotopic (exact) mass is 432 g/mol. The molecule has 0 bridgehead atoms. The molecule has 3 rings (SSSR count). The topological polar surface area (TPSA) is 102 Å². The predicted octanol–water partition coefficient (Wildman–Crippen LogP) is 2.65. The Morgan fingerprint density at radius 2 is 1.93 bits per heavy atom. The molecule has 0 aliphatic carbocycles. The van der Waals surface area contributed by atoms with Gasteiger partial charge in [-0.2, -0.15) is 0 Å². The molecule has 0 aromatic heterocycles. The van der Waals surface area contributed by atoms with Gasteiger partial charge in [0.1, 0.15) is 5.75 Å². The van der Waals surface area contributed by atoms with Gasteiger partial charge in [0.15, 0.2) is 6.10 Å². The smallest absolute Gasteiger partial charge is 0.338 e. The van der Waals surface area contributed by atoms with Gasteiger partial charge < -0.3 is 14.8 Å². The zero-order valence-electron chi connectivity index (χ0n) is 17.3. The Kier molecular flexibility index (Phi) is 6.02. The third-order valence-corrected chi connectivity index (χ3v) is 6.12. The van der Waals surface area contributed by atoms with Gasteiger partial charge in [0.25, 0.3) is 5.91 Å². The van der Waals surface area contributed by atoms with Crippen LogP contribution in [0.3, 0.4) is 0 Å². The normalized spacial score (nSPS) is 16.1. The molecule has 30 heavy (non-hydrogen) atoms. The number of benzene rings is 2. The summed E-state index contributed by atoms with van der Waals surface area (Å²) in [6.07, 6.45) is 0.392. The summed E-state index contributed by atoms with van der Waals surface area (Å²) in [5.41, 5.74) is 2.67. The number of nitrogens with zero attached hydrogens (tertiary/aromatic N) is 1. The van der Waals surface area contributed by atoms with Crippen molar-refractivity contribution >= 4 is 33.3 Å². The molecule has 1 atom stereocenters. The van der Waals surface area contributed by atoms with E-state index in [-0.39, 0.29) is 13.0 Å². The van der Waals surface area contributed by atoms with Gasteiger partial charge in [0, 0.05) is 18.7 Å². The number of carbonyl (C=O) groups is 2. The molecule has 1 unspecified atom stereocenters. The first-order valence-corrected chi connectivity index (χ1v) is 11.2. The van der Waals surface area contributed by atoms with E-state index in [0.717, 1.165) is 11.8 Å². The van der Waals surface area contributed by atoms with Crippen molar-refractivity contribution in [3.05, 3.63) is 53.1 Å². The minimum Gasteiger partial charge on any atom is -0.478 e. The number of hydrogen-bond acceptors (Lipinski definition) is 6. The van der Waals surface area contributed by atoms with Gasteiger partial charge >= 0.3 is 5.97 Å². The van der Waals surface area contributed by atoms with Crippen molar-refractivity contribution in [1.29, 1.82) is 0 Å². The van der Waals surface area contributed by atoms with E-state index < -0.39 is 28.0 Å². The lowest BCUT2D eigenvalue weighted by Gasteiger charge is -2.21. The molecule has 1 amide bonds. The molecule has 9 heteroatoms. The van der Waals surface area contributed by atoms with Gasteiger partial charge in [-0.05, 0) is 49.2 Å². The lowest BCUT2D eigenvalue weighted by molar-refractivity contribution is -0.122. The number of carbonyl (C=O) groups excluding carboxylic acids is 2. The fraction of sp³-hybridized carbons (Fsp3) is 0.333. The van der Waals surface area contributed by atoms with Crippen LogP contribution >= 0.6 is 0 Å². The van der Waals surface area contributed by atoms with Crippen molar-refractivity contribution in [2.45, 2.75) is 26.4 Å². The number of esters is 1. The van der Waals surface area contributed by atoms with Crippen molar-refractivity contribution in [3.8, 4) is 5.75 Å². The summed E-state index contributed by atoms with van der Waals surface area (Å²) < 4.78 is 36.5. The number of anilines is 2. The highest BCUT2D eigenvalue weighted by Gasteiger charge is 2.31. The van der Waals surface area contributed by atoms with Gasteiger partial charge in [-0.25, -0.2) is 13.2 Å². The highest BCUT2D eigenvalue weighted by atomic mass is 32.2. The van der Waals surface area contributed by atoms with E-state index in [1.54, 1.807) is 43.3 Å². The summed E-state index contributed by atoms with van der Waals surface area (Å²) in [6.45, 7) is 3.67. The van der Waals surface area contributed by atoms with Crippen molar-refractivity contribution in [2.24, 2.45) is 0 Å². The first kappa shape index (κ1) is 21.6. The number of aryl methyl sites for hydroxylation is 1. The van der Waals surface area contributed by atoms with Crippen LogP contribution in [0.1, 0.15) is 27.9 Å². The fourth-order valence-corrected chi connectivity index (χ4v) is 4.27. The molecule has 0 radical (unpaired) electrons. The van der Waals surface area contributed by atoms with E-state index >= 15 is 0 Å². The highest BCUT2D eigenvalue weighted by molar-refractivity contribution is 7.92. The molecule has 0 saturated carbocycles. The minimum absolute atomic E-state index is 0.106. The number of sulfonamides is 1. The fourth-order valence-electron chi connectivity index (χ4n) is 3.33. The molecule has 0 saturated heterocycles. The zero-order chi connectivity index (χ0) is 22.1. The van der Waals surface area contributed by atoms with Gasteiger partial charge in [-0.1, -0.05) is 12.1 Å². The van der Waals surface area contributed by atoms with Gasteiger partial charge in [0.2, 0.25) is 10.0 Å². The molecule has 8 nitrogen and oxygen atoms in total. The number of amides is 1. The Morgan fingerprint density at radius 1 is 1.20 bits per heavy atom. The van der Waals surface area contributed by atoms with Crippen molar-refractivity contribution in [3.63, 3.8) is 0 Å². The van der Waals surface area contributed by atoms with E-state index in [1.807, 2.05) is 6.92 Å². The second kappa shape index (κ2) is 8.35. The third kappa shape index (κ3) is 4.40. The lowest BCUT2D eigenvalue weighted by atomic mass is 10.1. The number of methoxy groups -OCH3 is 1. The Morgan fingerprint density at radius 3 is 2.60 bits per heavy atom. The quantitative estimate of drug-likeness (QED) is 0.746. The molecule has 1 aliphatic heterocycles. The number of hydrogen-bond donors (Lipinski definition) is 1. The molecular formula is C21H24N2O6S. The van der Waals surface area contributed by atoms with E-state index in [0.29, 0.717) is 28.3 Å². The van der Waals surface area contributed by atoms with Gasteiger partial charge in [-0.15, -0.1) is 0 Å². The van der Waals surface area contributed by atoms with Crippen LogP contribution in [0.15, 0.2) is 36.4 Å². The molecule has 1 N–H and O–H groups in total. The second-order valence-electron chi connectivity index (χ2n) is 7.16.